The zero-order valence-electron chi connectivity index (χ0n) is 13.4. The van der Waals surface area contributed by atoms with Crippen molar-refractivity contribution in [3.63, 3.8) is 0 Å². The minimum Gasteiger partial charge on any atom is -0.486 e. The van der Waals surface area contributed by atoms with Crippen molar-refractivity contribution in [2.24, 2.45) is 5.10 Å². The van der Waals surface area contributed by atoms with E-state index in [-0.39, 0.29) is 17.5 Å². The summed E-state index contributed by atoms with van der Waals surface area (Å²) in [6.45, 7) is 2.21. The molecule has 0 atom stereocenters. The fourth-order valence-electron chi connectivity index (χ4n) is 1.97. The lowest BCUT2D eigenvalue weighted by Gasteiger charge is -2.04. The molecule has 0 aliphatic rings. The molecular formula is C18H15FN2O3S. The van der Waals surface area contributed by atoms with Gasteiger partial charge in [0.15, 0.2) is 10.9 Å². The van der Waals surface area contributed by atoms with E-state index in [1.165, 1.54) is 12.3 Å². The highest BCUT2D eigenvalue weighted by Gasteiger charge is 2.11. The molecule has 25 heavy (non-hydrogen) atoms. The Morgan fingerprint density at radius 2 is 2.04 bits per heavy atom. The van der Waals surface area contributed by atoms with Crippen molar-refractivity contribution >= 4 is 23.5 Å². The first kappa shape index (κ1) is 16.9. The molecule has 0 aliphatic heterocycles. The fraction of sp³-hybridized carbons (Fsp3) is 0.111. The number of rotatable bonds is 6. The number of benzene rings is 1. The van der Waals surface area contributed by atoms with Crippen molar-refractivity contribution in [2.45, 2.75) is 13.5 Å². The summed E-state index contributed by atoms with van der Waals surface area (Å²) >= 11 is 0.937. The Balaban J connectivity index is 1.52. The molecule has 3 aromatic rings. The van der Waals surface area contributed by atoms with Gasteiger partial charge in [0.05, 0.1) is 11.1 Å². The van der Waals surface area contributed by atoms with Gasteiger partial charge in [-0.2, -0.15) is 9.49 Å². The number of aryl methyl sites for hydroxylation is 1. The van der Waals surface area contributed by atoms with E-state index >= 15 is 0 Å². The Bertz CT molecular complexity index is 884. The minimum absolute atomic E-state index is 0.122. The highest BCUT2D eigenvalue weighted by atomic mass is 32.1. The van der Waals surface area contributed by atoms with Gasteiger partial charge in [0.1, 0.15) is 18.1 Å². The van der Waals surface area contributed by atoms with Crippen LogP contribution < -0.4 is 10.2 Å². The Labute approximate surface area is 147 Å². The summed E-state index contributed by atoms with van der Waals surface area (Å²) in [4.78, 5) is 12.5. The van der Waals surface area contributed by atoms with Crippen LogP contribution in [0.5, 0.6) is 5.75 Å². The molecule has 1 amide bonds. The largest absolute Gasteiger partial charge is 0.486 e. The summed E-state index contributed by atoms with van der Waals surface area (Å²) in [5.74, 6) is 0.877. The van der Waals surface area contributed by atoms with Gasteiger partial charge in [-0.15, -0.1) is 11.3 Å². The summed E-state index contributed by atoms with van der Waals surface area (Å²) in [7, 11) is 0. The van der Waals surface area contributed by atoms with Crippen LogP contribution in [-0.2, 0) is 6.61 Å². The summed E-state index contributed by atoms with van der Waals surface area (Å²) in [5.41, 5.74) is 3.48. The molecule has 0 spiro atoms. The molecule has 128 valence electrons. The van der Waals surface area contributed by atoms with Crippen molar-refractivity contribution in [2.75, 3.05) is 0 Å². The van der Waals surface area contributed by atoms with Crippen LogP contribution in [-0.4, -0.2) is 12.1 Å². The lowest BCUT2D eigenvalue weighted by atomic mass is 10.2. The highest BCUT2D eigenvalue weighted by molar-refractivity contribution is 7.12. The lowest BCUT2D eigenvalue weighted by molar-refractivity contribution is 0.0923. The van der Waals surface area contributed by atoms with Crippen LogP contribution in [0.3, 0.4) is 0 Å². The number of thiophene rings is 1. The SMILES string of the molecule is Cc1ccc(OCc2ccc(C(=O)NN=Cc3ccc(F)s3)o2)cc1. The van der Waals surface area contributed by atoms with E-state index in [2.05, 4.69) is 10.5 Å². The number of nitrogens with one attached hydrogen (secondary N) is 1. The number of carbonyl (C=O) groups is 1. The average molecular weight is 358 g/mol. The van der Waals surface area contributed by atoms with Crippen LogP contribution in [0.25, 0.3) is 0 Å². The van der Waals surface area contributed by atoms with Gasteiger partial charge in [-0.1, -0.05) is 17.7 Å². The molecule has 0 saturated heterocycles. The van der Waals surface area contributed by atoms with Crippen LogP contribution in [0.1, 0.15) is 26.8 Å². The summed E-state index contributed by atoms with van der Waals surface area (Å²) < 4.78 is 23.9. The Morgan fingerprint density at radius 1 is 1.24 bits per heavy atom. The van der Waals surface area contributed by atoms with Crippen molar-refractivity contribution in [3.05, 3.63) is 75.6 Å². The first-order valence-corrected chi connectivity index (χ1v) is 8.29. The van der Waals surface area contributed by atoms with E-state index in [1.807, 2.05) is 31.2 Å². The lowest BCUT2D eigenvalue weighted by Crippen LogP contribution is -2.16. The minimum atomic E-state index is -0.491. The molecule has 1 aromatic carbocycles. The van der Waals surface area contributed by atoms with Gasteiger partial charge in [0.25, 0.3) is 0 Å². The molecule has 1 N–H and O–H groups in total. The predicted molar refractivity (Wildman–Crippen MR) is 93.6 cm³/mol. The molecular weight excluding hydrogens is 343 g/mol. The zero-order valence-corrected chi connectivity index (χ0v) is 14.2. The number of halogens is 1. The normalized spacial score (nSPS) is 11.0. The van der Waals surface area contributed by atoms with Crippen LogP contribution >= 0.6 is 11.3 Å². The van der Waals surface area contributed by atoms with Crippen molar-refractivity contribution < 1.29 is 18.3 Å². The van der Waals surface area contributed by atoms with E-state index in [9.17, 15) is 9.18 Å². The number of hydrazone groups is 1. The van der Waals surface area contributed by atoms with Gasteiger partial charge in [0, 0.05) is 0 Å². The monoisotopic (exact) mass is 358 g/mol. The Morgan fingerprint density at radius 3 is 2.76 bits per heavy atom. The number of hydrogen-bond donors (Lipinski definition) is 1. The smallest absolute Gasteiger partial charge is 0.307 e. The number of ether oxygens (including phenoxy) is 1. The van der Waals surface area contributed by atoms with Gasteiger partial charge < -0.3 is 9.15 Å². The summed E-state index contributed by atoms with van der Waals surface area (Å²) in [6, 6.07) is 13.8. The predicted octanol–water partition coefficient (Wildman–Crippen LogP) is 4.13. The zero-order chi connectivity index (χ0) is 17.6. The second kappa shape index (κ2) is 7.76. The van der Waals surface area contributed by atoms with Gasteiger partial charge in [-0.05, 0) is 43.3 Å². The number of hydrogen-bond acceptors (Lipinski definition) is 5. The van der Waals surface area contributed by atoms with Gasteiger partial charge in [-0.25, -0.2) is 5.43 Å². The molecule has 0 fully saturated rings. The maximum Gasteiger partial charge on any atom is 0.307 e. The molecule has 2 aromatic heterocycles. The van der Waals surface area contributed by atoms with Crippen molar-refractivity contribution in [1.82, 2.24) is 5.43 Å². The standard InChI is InChI=1S/C18H15FN2O3S/c1-12-2-4-13(5-3-12)23-11-14-6-8-16(24-14)18(22)21-20-10-15-7-9-17(19)25-15/h2-10H,11H2,1H3,(H,21,22). The van der Waals surface area contributed by atoms with Crippen molar-refractivity contribution in [3.8, 4) is 5.75 Å². The average Bonchev–Trinajstić information content (AvgIpc) is 3.23. The molecule has 0 radical (unpaired) electrons. The second-order valence-corrected chi connectivity index (χ2v) is 6.27. The summed E-state index contributed by atoms with van der Waals surface area (Å²) in [6.07, 6.45) is 1.37. The van der Waals surface area contributed by atoms with E-state index in [4.69, 9.17) is 9.15 Å². The third-order valence-electron chi connectivity index (χ3n) is 3.24. The van der Waals surface area contributed by atoms with Crippen LogP contribution in [0, 0.1) is 12.1 Å². The quantitative estimate of drug-likeness (QED) is 0.532. The number of amides is 1. The first-order chi connectivity index (χ1) is 12.1. The molecule has 5 nitrogen and oxygen atoms in total. The van der Waals surface area contributed by atoms with Crippen LogP contribution in [0.2, 0.25) is 0 Å². The van der Waals surface area contributed by atoms with Gasteiger partial charge in [-0.3, -0.25) is 4.79 Å². The fourth-order valence-corrected chi connectivity index (χ4v) is 2.58. The highest BCUT2D eigenvalue weighted by Crippen LogP contribution is 2.15. The Hall–Kier alpha value is -2.93. The van der Waals surface area contributed by atoms with E-state index < -0.39 is 5.91 Å². The molecule has 0 bridgehead atoms. The molecule has 0 saturated carbocycles. The molecule has 2 heterocycles. The second-order valence-electron chi connectivity index (χ2n) is 5.21. The number of nitrogens with zero attached hydrogens (tertiary/aromatic N) is 1. The van der Waals surface area contributed by atoms with E-state index in [0.717, 1.165) is 22.6 Å². The first-order valence-electron chi connectivity index (χ1n) is 7.47. The maximum absolute atomic E-state index is 12.8. The molecule has 7 heteroatoms. The topological polar surface area (TPSA) is 63.8 Å². The Kier molecular flexibility index (Phi) is 5.25. The summed E-state index contributed by atoms with van der Waals surface area (Å²) in [5, 5.41) is 3.46. The number of carbonyl (C=O) groups excluding carboxylic acids is 1. The third-order valence-corrected chi connectivity index (χ3v) is 4.05. The molecule has 0 aliphatic carbocycles. The van der Waals surface area contributed by atoms with E-state index in [0.29, 0.717) is 10.6 Å². The van der Waals surface area contributed by atoms with Crippen molar-refractivity contribution in [1.29, 1.82) is 0 Å². The molecule has 0 unspecified atom stereocenters. The third kappa shape index (κ3) is 4.77. The molecule has 3 rings (SSSR count). The van der Waals surface area contributed by atoms with Crippen LogP contribution in [0.15, 0.2) is 58.0 Å². The van der Waals surface area contributed by atoms with Crippen LogP contribution in [0.4, 0.5) is 4.39 Å². The van der Waals surface area contributed by atoms with Gasteiger partial charge in [0.2, 0.25) is 0 Å². The number of furan rings is 1. The van der Waals surface area contributed by atoms with E-state index in [1.54, 1.807) is 18.2 Å². The van der Waals surface area contributed by atoms with Gasteiger partial charge >= 0.3 is 5.91 Å². The maximum atomic E-state index is 12.8.